The van der Waals surface area contributed by atoms with Gasteiger partial charge in [0.05, 0.1) is 34.4 Å². The van der Waals surface area contributed by atoms with E-state index in [4.69, 9.17) is 4.74 Å². The third-order valence-corrected chi connectivity index (χ3v) is 6.82. The van der Waals surface area contributed by atoms with Crippen LogP contribution in [0.15, 0.2) is 48.0 Å². The van der Waals surface area contributed by atoms with E-state index < -0.39 is 0 Å². The zero-order valence-corrected chi connectivity index (χ0v) is 17.7. The molecule has 2 saturated heterocycles. The minimum atomic E-state index is -0.385. The topological polar surface area (TPSA) is 62.7 Å². The molecule has 2 aliphatic rings. The van der Waals surface area contributed by atoms with Crippen molar-refractivity contribution in [2.24, 2.45) is 5.41 Å². The van der Waals surface area contributed by atoms with Gasteiger partial charge in [-0.1, -0.05) is 18.2 Å². The number of thiazole rings is 1. The normalized spacial score (nSPS) is 18.3. The van der Waals surface area contributed by atoms with E-state index in [2.05, 4.69) is 23.2 Å². The van der Waals surface area contributed by atoms with Gasteiger partial charge in [-0.05, 0) is 42.3 Å². The molecule has 3 heterocycles. The van der Waals surface area contributed by atoms with Crippen molar-refractivity contribution in [2.75, 3.05) is 39.4 Å². The van der Waals surface area contributed by atoms with Crippen LogP contribution in [0.5, 0.6) is 0 Å². The summed E-state index contributed by atoms with van der Waals surface area (Å²) in [6.07, 6.45) is 0. The molecule has 0 saturated carbocycles. The predicted octanol–water partition coefficient (Wildman–Crippen LogP) is 3.28. The van der Waals surface area contributed by atoms with Gasteiger partial charge in [-0.3, -0.25) is 9.59 Å². The first-order valence-electron chi connectivity index (χ1n) is 10.1. The molecule has 7 heteroatoms. The van der Waals surface area contributed by atoms with E-state index >= 15 is 0 Å². The molecule has 0 aliphatic carbocycles. The van der Waals surface area contributed by atoms with Gasteiger partial charge >= 0.3 is 0 Å². The highest BCUT2D eigenvalue weighted by Crippen LogP contribution is 2.30. The molecule has 2 fully saturated rings. The SMILES string of the molecule is CC1(C(=O)N2CCN(C(=O)c3ccc(-c4ccc5scnc5c4)cc3)CC2)COC1. The van der Waals surface area contributed by atoms with Gasteiger partial charge in [0, 0.05) is 31.7 Å². The van der Waals surface area contributed by atoms with Crippen molar-refractivity contribution in [3.63, 3.8) is 0 Å². The van der Waals surface area contributed by atoms with Crippen LogP contribution in [0.4, 0.5) is 0 Å². The highest BCUT2D eigenvalue weighted by Gasteiger charge is 2.44. The first-order chi connectivity index (χ1) is 14.5. The van der Waals surface area contributed by atoms with Gasteiger partial charge in [0.15, 0.2) is 0 Å². The standard InChI is InChI=1S/C23H23N3O3S/c1-23(13-29-14-23)22(28)26-10-8-25(9-11-26)21(27)17-4-2-16(3-5-17)18-6-7-20-19(12-18)24-15-30-20/h2-7,12,15H,8-11,13-14H2,1H3. The van der Waals surface area contributed by atoms with Gasteiger partial charge in [-0.2, -0.15) is 0 Å². The molecule has 154 valence electrons. The number of hydrogen-bond acceptors (Lipinski definition) is 5. The van der Waals surface area contributed by atoms with E-state index in [0.717, 1.165) is 16.6 Å². The summed E-state index contributed by atoms with van der Waals surface area (Å²) in [7, 11) is 0. The highest BCUT2D eigenvalue weighted by atomic mass is 32.1. The maximum absolute atomic E-state index is 12.9. The van der Waals surface area contributed by atoms with Crippen molar-refractivity contribution in [3.8, 4) is 11.1 Å². The fourth-order valence-electron chi connectivity index (χ4n) is 4.05. The number of fused-ring (bicyclic) bond motifs is 1. The fourth-order valence-corrected chi connectivity index (χ4v) is 4.71. The van der Waals surface area contributed by atoms with E-state index in [0.29, 0.717) is 45.0 Å². The fraction of sp³-hybridized carbons (Fsp3) is 0.348. The van der Waals surface area contributed by atoms with Crippen LogP contribution in [0.2, 0.25) is 0 Å². The van der Waals surface area contributed by atoms with Crippen molar-refractivity contribution in [3.05, 3.63) is 53.5 Å². The highest BCUT2D eigenvalue weighted by molar-refractivity contribution is 7.16. The largest absolute Gasteiger partial charge is 0.379 e. The number of amides is 2. The zero-order chi connectivity index (χ0) is 20.7. The Balaban J connectivity index is 1.24. The van der Waals surface area contributed by atoms with Gasteiger partial charge in [0.25, 0.3) is 5.91 Å². The van der Waals surface area contributed by atoms with Crippen LogP contribution in [-0.4, -0.2) is 66.0 Å². The van der Waals surface area contributed by atoms with Gasteiger partial charge in [0.1, 0.15) is 0 Å². The zero-order valence-electron chi connectivity index (χ0n) is 16.8. The number of aromatic nitrogens is 1. The van der Waals surface area contributed by atoms with E-state index in [1.807, 2.05) is 46.5 Å². The Labute approximate surface area is 179 Å². The molecule has 0 N–H and O–H groups in total. The number of hydrogen-bond donors (Lipinski definition) is 0. The van der Waals surface area contributed by atoms with E-state index in [1.165, 1.54) is 4.70 Å². The molecule has 0 radical (unpaired) electrons. The minimum Gasteiger partial charge on any atom is -0.379 e. The summed E-state index contributed by atoms with van der Waals surface area (Å²) in [5.41, 5.74) is 5.29. The Bertz CT molecular complexity index is 1100. The number of carbonyl (C=O) groups excluding carboxylic acids is 2. The van der Waals surface area contributed by atoms with Crippen molar-refractivity contribution in [1.82, 2.24) is 14.8 Å². The first kappa shape index (κ1) is 19.2. The second-order valence-electron chi connectivity index (χ2n) is 8.25. The second kappa shape index (κ2) is 7.49. The smallest absolute Gasteiger partial charge is 0.253 e. The predicted molar refractivity (Wildman–Crippen MR) is 116 cm³/mol. The van der Waals surface area contributed by atoms with Crippen molar-refractivity contribution >= 4 is 33.4 Å². The van der Waals surface area contributed by atoms with Gasteiger partial charge in [-0.25, -0.2) is 4.98 Å². The average molecular weight is 422 g/mol. The van der Waals surface area contributed by atoms with Crippen LogP contribution in [0.3, 0.4) is 0 Å². The Morgan fingerprint density at radius 1 is 0.967 bits per heavy atom. The van der Waals surface area contributed by atoms with Gasteiger partial charge in [0.2, 0.25) is 5.91 Å². The van der Waals surface area contributed by atoms with Crippen molar-refractivity contribution < 1.29 is 14.3 Å². The molecule has 5 rings (SSSR count). The van der Waals surface area contributed by atoms with Crippen LogP contribution >= 0.6 is 11.3 Å². The summed E-state index contributed by atoms with van der Waals surface area (Å²) in [6.45, 7) is 5.20. The van der Waals surface area contributed by atoms with Gasteiger partial charge in [-0.15, -0.1) is 11.3 Å². The lowest BCUT2D eigenvalue weighted by Crippen LogP contribution is -2.58. The molecule has 1 aromatic heterocycles. The molecule has 3 aromatic rings. The number of rotatable bonds is 3. The summed E-state index contributed by atoms with van der Waals surface area (Å²) in [6, 6.07) is 14.0. The lowest BCUT2D eigenvalue weighted by atomic mass is 9.86. The lowest BCUT2D eigenvalue weighted by Gasteiger charge is -2.43. The lowest BCUT2D eigenvalue weighted by molar-refractivity contribution is -0.170. The second-order valence-corrected chi connectivity index (χ2v) is 9.14. The molecule has 2 aliphatic heterocycles. The Kier molecular flexibility index (Phi) is 4.79. The quantitative estimate of drug-likeness (QED) is 0.651. The Morgan fingerprint density at radius 2 is 1.63 bits per heavy atom. The number of carbonyl (C=O) groups is 2. The minimum absolute atomic E-state index is 0.0155. The summed E-state index contributed by atoms with van der Waals surface area (Å²) < 4.78 is 6.38. The summed E-state index contributed by atoms with van der Waals surface area (Å²) in [5, 5.41) is 0. The van der Waals surface area contributed by atoms with Crippen LogP contribution in [0, 0.1) is 5.41 Å². The summed E-state index contributed by atoms with van der Waals surface area (Å²) >= 11 is 1.63. The van der Waals surface area contributed by atoms with Crippen molar-refractivity contribution in [1.29, 1.82) is 0 Å². The number of nitrogens with zero attached hydrogens (tertiary/aromatic N) is 3. The summed E-state index contributed by atoms with van der Waals surface area (Å²) in [5.74, 6) is 0.157. The van der Waals surface area contributed by atoms with E-state index in [1.54, 1.807) is 11.3 Å². The molecule has 0 bridgehead atoms. The molecule has 0 spiro atoms. The van der Waals surface area contributed by atoms with Crippen LogP contribution < -0.4 is 0 Å². The molecule has 30 heavy (non-hydrogen) atoms. The number of piperazine rings is 1. The molecule has 0 atom stereocenters. The summed E-state index contributed by atoms with van der Waals surface area (Å²) in [4.78, 5) is 33.6. The van der Waals surface area contributed by atoms with Crippen LogP contribution in [-0.2, 0) is 9.53 Å². The van der Waals surface area contributed by atoms with E-state index in [-0.39, 0.29) is 17.2 Å². The molecule has 2 amide bonds. The Hall–Kier alpha value is -2.77. The maximum atomic E-state index is 12.9. The maximum Gasteiger partial charge on any atom is 0.253 e. The molecule has 2 aromatic carbocycles. The first-order valence-corrected chi connectivity index (χ1v) is 11.0. The number of ether oxygens (including phenoxy) is 1. The monoisotopic (exact) mass is 421 g/mol. The van der Waals surface area contributed by atoms with Crippen LogP contribution in [0.25, 0.3) is 21.3 Å². The number of benzene rings is 2. The van der Waals surface area contributed by atoms with Gasteiger partial charge < -0.3 is 14.5 Å². The van der Waals surface area contributed by atoms with Crippen LogP contribution in [0.1, 0.15) is 17.3 Å². The average Bonchev–Trinajstić information content (AvgIpc) is 3.24. The Morgan fingerprint density at radius 3 is 2.30 bits per heavy atom. The van der Waals surface area contributed by atoms with Crippen molar-refractivity contribution in [2.45, 2.75) is 6.92 Å². The van der Waals surface area contributed by atoms with E-state index in [9.17, 15) is 9.59 Å². The molecular formula is C23H23N3O3S. The third kappa shape index (κ3) is 3.38. The molecule has 0 unspecified atom stereocenters. The third-order valence-electron chi connectivity index (χ3n) is 6.01. The molecule has 6 nitrogen and oxygen atoms in total. The molecular weight excluding hydrogens is 398 g/mol.